The second-order valence-electron chi connectivity index (χ2n) is 4.89. The molecular weight excluding hydrogens is 214 g/mol. The fourth-order valence-corrected chi connectivity index (χ4v) is 2.19. The van der Waals surface area contributed by atoms with Crippen molar-refractivity contribution in [1.29, 1.82) is 0 Å². The van der Waals surface area contributed by atoms with Crippen molar-refractivity contribution in [3.05, 3.63) is 24.0 Å². The fourth-order valence-electron chi connectivity index (χ4n) is 2.19. The minimum atomic E-state index is 0.226. The van der Waals surface area contributed by atoms with Crippen LogP contribution in [0, 0.1) is 5.92 Å². The van der Waals surface area contributed by atoms with Gasteiger partial charge in [-0.2, -0.15) is 0 Å². The van der Waals surface area contributed by atoms with Crippen molar-refractivity contribution in [2.24, 2.45) is 5.92 Å². The lowest BCUT2D eigenvalue weighted by molar-refractivity contribution is 0.216. The van der Waals surface area contributed by atoms with E-state index >= 15 is 0 Å². The SMILES string of the molecule is CN1CCC(CNCc2ccc(O)cn2)CC1. The summed E-state index contributed by atoms with van der Waals surface area (Å²) in [6.07, 6.45) is 4.06. The summed E-state index contributed by atoms with van der Waals surface area (Å²) in [5, 5.41) is 12.6. The third kappa shape index (κ3) is 3.98. The number of likely N-dealkylation sites (tertiary alicyclic amines) is 1. The molecule has 0 bridgehead atoms. The van der Waals surface area contributed by atoms with E-state index in [4.69, 9.17) is 5.11 Å². The second-order valence-corrected chi connectivity index (χ2v) is 4.89. The first kappa shape index (κ1) is 12.3. The van der Waals surface area contributed by atoms with Crippen molar-refractivity contribution < 1.29 is 5.11 Å². The highest BCUT2D eigenvalue weighted by molar-refractivity contribution is 5.17. The van der Waals surface area contributed by atoms with Gasteiger partial charge in [-0.25, -0.2) is 0 Å². The first-order valence-corrected chi connectivity index (χ1v) is 6.27. The fraction of sp³-hybridized carbons (Fsp3) is 0.615. The molecule has 2 N–H and O–H groups in total. The Morgan fingerprint density at radius 2 is 2.18 bits per heavy atom. The Morgan fingerprint density at radius 1 is 1.41 bits per heavy atom. The number of hydrogen-bond donors (Lipinski definition) is 2. The van der Waals surface area contributed by atoms with E-state index in [1.807, 2.05) is 6.07 Å². The van der Waals surface area contributed by atoms with Crippen LogP contribution in [-0.2, 0) is 6.54 Å². The smallest absolute Gasteiger partial charge is 0.133 e. The van der Waals surface area contributed by atoms with Gasteiger partial charge in [-0.05, 0) is 57.6 Å². The number of hydrogen-bond acceptors (Lipinski definition) is 4. The number of rotatable bonds is 4. The molecule has 1 aromatic rings. The van der Waals surface area contributed by atoms with Crippen LogP contribution in [0.15, 0.2) is 18.3 Å². The summed E-state index contributed by atoms with van der Waals surface area (Å²) in [5.74, 6) is 1.02. The molecule has 94 valence electrons. The average Bonchev–Trinajstić information content (AvgIpc) is 2.34. The van der Waals surface area contributed by atoms with Crippen molar-refractivity contribution in [1.82, 2.24) is 15.2 Å². The number of nitrogens with zero attached hydrogens (tertiary/aromatic N) is 2. The highest BCUT2D eigenvalue weighted by atomic mass is 16.3. The molecular formula is C13H21N3O. The summed E-state index contributed by atoms with van der Waals surface area (Å²) in [4.78, 5) is 6.54. The van der Waals surface area contributed by atoms with E-state index in [-0.39, 0.29) is 5.75 Å². The molecule has 0 spiro atoms. The Kier molecular flexibility index (Phi) is 4.34. The van der Waals surface area contributed by atoms with Gasteiger partial charge in [-0.1, -0.05) is 0 Å². The van der Waals surface area contributed by atoms with Gasteiger partial charge in [-0.3, -0.25) is 4.98 Å². The summed E-state index contributed by atoms with van der Waals surface area (Å²) in [6, 6.07) is 3.54. The van der Waals surface area contributed by atoms with Crippen LogP contribution in [0.3, 0.4) is 0 Å². The van der Waals surface area contributed by atoms with E-state index in [0.717, 1.165) is 24.7 Å². The molecule has 0 aromatic carbocycles. The Morgan fingerprint density at radius 3 is 2.82 bits per heavy atom. The zero-order valence-corrected chi connectivity index (χ0v) is 10.4. The maximum Gasteiger partial charge on any atom is 0.133 e. The summed E-state index contributed by atoms with van der Waals surface area (Å²) >= 11 is 0. The topological polar surface area (TPSA) is 48.4 Å². The second kappa shape index (κ2) is 5.98. The molecule has 2 heterocycles. The summed E-state index contributed by atoms with van der Waals surface area (Å²) in [6.45, 7) is 4.27. The Bertz CT molecular complexity index is 331. The predicted molar refractivity (Wildman–Crippen MR) is 67.8 cm³/mol. The first-order chi connectivity index (χ1) is 8.24. The molecule has 1 aliphatic rings. The minimum Gasteiger partial charge on any atom is -0.506 e. The summed E-state index contributed by atoms with van der Waals surface area (Å²) in [7, 11) is 2.18. The first-order valence-electron chi connectivity index (χ1n) is 6.27. The average molecular weight is 235 g/mol. The summed E-state index contributed by atoms with van der Waals surface area (Å²) in [5.41, 5.74) is 0.982. The Labute approximate surface area is 103 Å². The van der Waals surface area contributed by atoms with Crippen LogP contribution in [0.4, 0.5) is 0 Å². The Balaban J connectivity index is 1.67. The zero-order valence-electron chi connectivity index (χ0n) is 10.4. The van der Waals surface area contributed by atoms with Crippen molar-refractivity contribution in [2.75, 3.05) is 26.7 Å². The molecule has 0 atom stereocenters. The third-order valence-electron chi connectivity index (χ3n) is 3.39. The number of pyridine rings is 1. The molecule has 2 rings (SSSR count). The molecule has 0 saturated carbocycles. The van der Waals surface area contributed by atoms with Crippen LogP contribution in [0.1, 0.15) is 18.5 Å². The molecule has 1 aromatic heterocycles. The van der Waals surface area contributed by atoms with Crippen molar-refractivity contribution in [3.63, 3.8) is 0 Å². The van der Waals surface area contributed by atoms with Gasteiger partial charge in [-0.15, -0.1) is 0 Å². The van der Waals surface area contributed by atoms with Gasteiger partial charge >= 0.3 is 0 Å². The van der Waals surface area contributed by atoms with Crippen LogP contribution < -0.4 is 5.32 Å². The predicted octanol–water partition coefficient (Wildman–Crippen LogP) is 1.22. The number of aromatic nitrogens is 1. The molecule has 0 aliphatic carbocycles. The number of piperidine rings is 1. The van der Waals surface area contributed by atoms with Crippen LogP contribution in [0.5, 0.6) is 5.75 Å². The van der Waals surface area contributed by atoms with Crippen molar-refractivity contribution in [2.45, 2.75) is 19.4 Å². The van der Waals surface area contributed by atoms with Crippen molar-refractivity contribution in [3.8, 4) is 5.75 Å². The van der Waals surface area contributed by atoms with Crippen molar-refractivity contribution >= 4 is 0 Å². The number of aromatic hydroxyl groups is 1. The van der Waals surface area contributed by atoms with Gasteiger partial charge < -0.3 is 15.3 Å². The minimum absolute atomic E-state index is 0.226. The van der Waals surface area contributed by atoms with Gasteiger partial charge in [0.05, 0.1) is 11.9 Å². The largest absolute Gasteiger partial charge is 0.506 e. The molecule has 17 heavy (non-hydrogen) atoms. The molecule has 0 amide bonds. The van der Waals surface area contributed by atoms with E-state index in [0.29, 0.717) is 0 Å². The molecule has 0 radical (unpaired) electrons. The Hall–Kier alpha value is -1.13. The lowest BCUT2D eigenvalue weighted by atomic mass is 9.97. The van der Waals surface area contributed by atoms with E-state index < -0.39 is 0 Å². The van der Waals surface area contributed by atoms with Crippen LogP contribution in [0.25, 0.3) is 0 Å². The number of nitrogens with one attached hydrogen (secondary N) is 1. The van der Waals surface area contributed by atoms with Gasteiger partial charge in [0.25, 0.3) is 0 Å². The monoisotopic (exact) mass is 235 g/mol. The van der Waals surface area contributed by atoms with Gasteiger partial charge in [0.15, 0.2) is 0 Å². The van der Waals surface area contributed by atoms with Crippen LogP contribution in [-0.4, -0.2) is 41.7 Å². The molecule has 0 unspecified atom stereocenters. The van der Waals surface area contributed by atoms with E-state index in [9.17, 15) is 0 Å². The van der Waals surface area contributed by atoms with Gasteiger partial charge in [0, 0.05) is 6.54 Å². The quantitative estimate of drug-likeness (QED) is 0.824. The summed E-state index contributed by atoms with van der Waals surface area (Å²) < 4.78 is 0. The van der Waals surface area contributed by atoms with E-state index in [2.05, 4.69) is 22.2 Å². The highest BCUT2D eigenvalue weighted by Crippen LogP contribution is 2.14. The van der Waals surface area contributed by atoms with E-state index in [1.165, 1.54) is 32.1 Å². The zero-order chi connectivity index (χ0) is 12.1. The van der Waals surface area contributed by atoms with Crippen LogP contribution in [0.2, 0.25) is 0 Å². The molecule has 1 fully saturated rings. The maximum absolute atomic E-state index is 9.12. The van der Waals surface area contributed by atoms with Crippen LogP contribution >= 0.6 is 0 Å². The standard InChI is InChI=1S/C13H21N3O/c1-16-6-4-11(5-7-16)8-14-9-12-2-3-13(17)10-15-12/h2-3,10-11,14,17H,4-9H2,1H3. The third-order valence-corrected chi connectivity index (χ3v) is 3.39. The molecule has 4 nitrogen and oxygen atoms in total. The highest BCUT2D eigenvalue weighted by Gasteiger charge is 2.15. The maximum atomic E-state index is 9.12. The van der Waals surface area contributed by atoms with Gasteiger partial charge in [0.1, 0.15) is 5.75 Å². The van der Waals surface area contributed by atoms with Gasteiger partial charge in [0.2, 0.25) is 0 Å². The molecule has 1 aliphatic heterocycles. The van der Waals surface area contributed by atoms with E-state index in [1.54, 1.807) is 6.07 Å². The lowest BCUT2D eigenvalue weighted by Crippen LogP contribution is -2.34. The normalized spacial score (nSPS) is 18.4. The molecule has 1 saturated heterocycles. The lowest BCUT2D eigenvalue weighted by Gasteiger charge is -2.29. The molecule has 4 heteroatoms.